The standard InChI is InChI=1S/C13H15NO3/c15-13(16)8-10(11-5-6-14-9-11)3-4-12-2-1-7-17-12/h1-2,5-7,9-10,14H,3-4,8H2,(H,15,16). The third kappa shape index (κ3) is 3.24. The number of carboxylic acid groups (broad SMARTS) is 1. The van der Waals surface area contributed by atoms with E-state index in [9.17, 15) is 4.79 Å². The Balaban J connectivity index is 1.98. The van der Waals surface area contributed by atoms with Crippen LogP contribution >= 0.6 is 0 Å². The number of hydrogen-bond donors (Lipinski definition) is 2. The summed E-state index contributed by atoms with van der Waals surface area (Å²) in [5, 5.41) is 8.91. The summed E-state index contributed by atoms with van der Waals surface area (Å²) in [5.41, 5.74) is 1.04. The molecule has 2 aromatic rings. The van der Waals surface area contributed by atoms with Gasteiger partial charge in [-0.1, -0.05) is 0 Å². The maximum atomic E-state index is 10.8. The van der Waals surface area contributed by atoms with Gasteiger partial charge in [-0.25, -0.2) is 0 Å². The number of aromatic amines is 1. The van der Waals surface area contributed by atoms with Gasteiger partial charge >= 0.3 is 5.97 Å². The first kappa shape index (κ1) is 11.5. The number of furan rings is 1. The molecule has 0 spiro atoms. The lowest BCUT2D eigenvalue weighted by Crippen LogP contribution is -2.06. The maximum Gasteiger partial charge on any atom is 0.303 e. The van der Waals surface area contributed by atoms with Gasteiger partial charge in [0.25, 0.3) is 0 Å². The van der Waals surface area contributed by atoms with E-state index in [2.05, 4.69) is 4.98 Å². The molecule has 0 aliphatic carbocycles. The molecular formula is C13H15NO3. The Kier molecular flexibility index (Phi) is 3.65. The van der Waals surface area contributed by atoms with Crippen molar-refractivity contribution < 1.29 is 14.3 Å². The number of carbonyl (C=O) groups is 1. The van der Waals surface area contributed by atoms with Gasteiger partial charge < -0.3 is 14.5 Å². The maximum absolute atomic E-state index is 10.8. The molecule has 0 radical (unpaired) electrons. The highest BCUT2D eigenvalue weighted by molar-refractivity contribution is 5.68. The number of carboxylic acids is 1. The van der Waals surface area contributed by atoms with Crippen LogP contribution in [0.2, 0.25) is 0 Å². The summed E-state index contributed by atoms with van der Waals surface area (Å²) >= 11 is 0. The Labute approximate surface area is 99.3 Å². The van der Waals surface area contributed by atoms with Gasteiger partial charge in [-0.05, 0) is 36.1 Å². The number of H-pyrrole nitrogens is 1. The molecule has 90 valence electrons. The first-order valence-corrected chi connectivity index (χ1v) is 5.62. The lowest BCUT2D eigenvalue weighted by atomic mass is 9.93. The van der Waals surface area contributed by atoms with Crippen molar-refractivity contribution in [3.05, 3.63) is 48.2 Å². The van der Waals surface area contributed by atoms with Gasteiger partial charge in [0, 0.05) is 18.8 Å². The van der Waals surface area contributed by atoms with Crippen LogP contribution in [0, 0.1) is 0 Å². The fourth-order valence-corrected chi connectivity index (χ4v) is 1.96. The van der Waals surface area contributed by atoms with Gasteiger partial charge in [-0.15, -0.1) is 0 Å². The first-order chi connectivity index (χ1) is 8.25. The zero-order chi connectivity index (χ0) is 12.1. The van der Waals surface area contributed by atoms with E-state index >= 15 is 0 Å². The van der Waals surface area contributed by atoms with E-state index in [0.717, 1.165) is 24.2 Å². The van der Waals surface area contributed by atoms with Crippen LogP contribution in [0.1, 0.15) is 30.1 Å². The molecule has 2 aromatic heterocycles. The fourth-order valence-electron chi connectivity index (χ4n) is 1.96. The summed E-state index contributed by atoms with van der Waals surface area (Å²) < 4.78 is 5.25. The van der Waals surface area contributed by atoms with E-state index < -0.39 is 5.97 Å². The fraction of sp³-hybridized carbons (Fsp3) is 0.308. The lowest BCUT2D eigenvalue weighted by molar-refractivity contribution is -0.137. The van der Waals surface area contributed by atoms with Gasteiger partial charge in [0.2, 0.25) is 0 Å². The Hall–Kier alpha value is -1.97. The largest absolute Gasteiger partial charge is 0.481 e. The third-order valence-electron chi connectivity index (χ3n) is 2.83. The summed E-state index contributed by atoms with van der Waals surface area (Å²) in [6.45, 7) is 0. The van der Waals surface area contributed by atoms with Crippen LogP contribution in [0.4, 0.5) is 0 Å². The molecule has 2 heterocycles. The van der Waals surface area contributed by atoms with Crippen molar-refractivity contribution in [2.45, 2.75) is 25.2 Å². The van der Waals surface area contributed by atoms with Gasteiger partial charge in [0.15, 0.2) is 0 Å². The summed E-state index contributed by atoms with van der Waals surface area (Å²) in [6, 6.07) is 5.68. The number of hydrogen-bond acceptors (Lipinski definition) is 2. The summed E-state index contributed by atoms with van der Waals surface area (Å²) in [7, 11) is 0. The molecule has 0 fully saturated rings. The highest BCUT2D eigenvalue weighted by Crippen LogP contribution is 2.25. The highest BCUT2D eigenvalue weighted by atomic mass is 16.4. The van der Waals surface area contributed by atoms with Crippen molar-refractivity contribution in [2.24, 2.45) is 0 Å². The Morgan fingerprint density at radius 3 is 2.94 bits per heavy atom. The predicted molar refractivity (Wildman–Crippen MR) is 62.8 cm³/mol. The summed E-state index contributed by atoms with van der Waals surface area (Å²) in [4.78, 5) is 13.8. The second-order valence-electron chi connectivity index (χ2n) is 4.06. The van der Waals surface area contributed by atoms with E-state index in [-0.39, 0.29) is 12.3 Å². The Morgan fingerprint density at radius 2 is 2.35 bits per heavy atom. The molecular weight excluding hydrogens is 218 g/mol. The molecule has 0 aromatic carbocycles. The Morgan fingerprint density at radius 1 is 1.47 bits per heavy atom. The van der Waals surface area contributed by atoms with Crippen LogP contribution in [0.25, 0.3) is 0 Å². The zero-order valence-corrected chi connectivity index (χ0v) is 9.43. The van der Waals surface area contributed by atoms with Crippen molar-refractivity contribution in [3.8, 4) is 0 Å². The van der Waals surface area contributed by atoms with Gasteiger partial charge in [-0.2, -0.15) is 0 Å². The summed E-state index contributed by atoms with van der Waals surface area (Å²) in [6.07, 6.45) is 7.00. The van der Waals surface area contributed by atoms with Gasteiger partial charge in [0.05, 0.1) is 12.7 Å². The minimum atomic E-state index is -0.768. The van der Waals surface area contributed by atoms with Gasteiger partial charge in [0.1, 0.15) is 5.76 Å². The van der Waals surface area contributed by atoms with Crippen LogP contribution in [0.3, 0.4) is 0 Å². The van der Waals surface area contributed by atoms with Crippen LogP contribution in [-0.4, -0.2) is 16.1 Å². The Bertz CT molecular complexity index is 445. The molecule has 0 saturated heterocycles. The molecule has 17 heavy (non-hydrogen) atoms. The number of aliphatic carboxylic acids is 1. The number of aromatic nitrogens is 1. The molecule has 4 nitrogen and oxygen atoms in total. The number of rotatable bonds is 6. The van der Waals surface area contributed by atoms with E-state index in [1.165, 1.54) is 0 Å². The number of aryl methyl sites for hydroxylation is 1. The summed E-state index contributed by atoms with van der Waals surface area (Å²) in [5.74, 6) is 0.162. The minimum Gasteiger partial charge on any atom is -0.481 e. The van der Waals surface area contributed by atoms with Crippen LogP contribution < -0.4 is 0 Å². The van der Waals surface area contributed by atoms with Crippen molar-refractivity contribution in [2.75, 3.05) is 0 Å². The van der Waals surface area contributed by atoms with Crippen molar-refractivity contribution >= 4 is 5.97 Å². The SMILES string of the molecule is O=C(O)CC(CCc1ccco1)c1cc[nH]c1. The zero-order valence-electron chi connectivity index (χ0n) is 9.43. The van der Waals surface area contributed by atoms with Gasteiger partial charge in [-0.3, -0.25) is 4.79 Å². The molecule has 1 unspecified atom stereocenters. The van der Waals surface area contributed by atoms with Crippen molar-refractivity contribution in [1.29, 1.82) is 0 Å². The second-order valence-corrected chi connectivity index (χ2v) is 4.06. The highest BCUT2D eigenvalue weighted by Gasteiger charge is 2.16. The van der Waals surface area contributed by atoms with Crippen LogP contribution in [-0.2, 0) is 11.2 Å². The normalized spacial score (nSPS) is 12.5. The van der Waals surface area contributed by atoms with Crippen LogP contribution in [0.5, 0.6) is 0 Å². The second kappa shape index (κ2) is 5.39. The van der Waals surface area contributed by atoms with Crippen molar-refractivity contribution in [3.63, 3.8) is 0 Å². The molecule has 4 heteroatoms. The smallest absolute Gasteiger partial charge is 0.303 e. The van der Waals surface area contributed by atoms with E-state index in [1.54, 1.807) is 6.26 Å². The molecule has 0 aliphatic rings. The molecule has 1 atom stereocenters. The van der Waals surface area contributed by atoms with E-state index in [1.807, 2.05) is 30.6 Å². The quantitative estimate of drug-likeness (QED) is 0.806. The van der Waals surface area contributed by atoms with Crippen LogP contribution in [0.15, 0.2) is 41.3 Å². The average Bonchev–Trinajstić information content (AvgIpc) is 2.96. The monoisotopic (exact) mass is 233 g/mol. The predicted octanol–water partition coefficient (Wildman–Crippen LogP) is 2.80. The molecule has 2 rings (SSSR count). The molecule has 0 saturated carbocycles. The molecule has 0 amide bonds. The van der Waals surface area contributed by atoms with E-state index in [4.69, 9.17) is 9.52 Å². The first-order valence-electron chi connectivity index (χ1n) is 5.62. The van der Waals surface area contributed by atoms with Crippen molar-refractivity contribution in [1.82, 2.24) is 4.98 Å². The molecule has 0 aliphatic heterocycles. The average molecular weight is 233 g/mol. The molecule has 0 bridgehead atoms. The minimum absolute atomic E-state index is 0.0313. The number of nitrogens with one attached hydrogen (secondary N) is 1. The topological polar surface area (TPSA) is 66.2 Å². The molecule has 2 N–H and O–H groups in total. The lowest BCUT2D eigenvalue weighted by Gasteiger charge is -2.12. The van der Waals surface area contributed by atoms with E-state index in [0.29, 0.717) is 0 Å². The third-order valence-corrected chi connectivity index (χ3v) is 2.83.